The number of hydrogen-bond acceptors (Lipinski definition) is 4. The lowest BCUT2D eigenvalue weighted by molar-refractivity contribution is 0.616. The first-order chi connectivity index (χ1) is 8.90. The molecule has 0 N–H and O–H groups in total. The molecule has 86 valence electrons. The summed E-state index contributed by atoms with van der Waals surface area (Å²) in [4.78, 5) is 8.69. The van der Waals surface area contributed by atoms with Crippen LogP contribution in [0.4, 0.5) is 0 Å². The minimum absolute atomic E-state index is 0.904. The molecule has 1 aromatic carbocycles. The molecule has 0 fully saturated rings. The molecule has 3 nitrogen and oxygen atoms in total. The van der Waals surface area contributed by atoms with Crippen molar-refractivity contribution >= 4 is 32.5 Å². The second-order valence-electron chi connectivity index (χ2n) is 4.04. The number of fused-ring (bicyclic) bond motifs is 2. The van der Waals surface area contributed by atoms with Crippen LogP contribution >= 0.6 is 11.3 Å². The van der Waals surface area contributed by atoms with Gasteiger partial charge < -0.3 is 4.42 Å². The fourth-order valence-electron chi connectivity index (χ4n) is 2.00. The Labute approximate surface area is 107 Å². The van der Waals surface area contributed by atoms with Crippen LogP contribution in [0.3, 0.4) is 0 Å². The largest absolute Gasteiger partial charge is 0.464 e. The molecule has 4 rings (SSSR count). The van der Waals surface area contributed by atoms with Crippen molar-refractivity contribution in [3.05, 3.63) is 49.0 Å². The maximum Gasteiger partial charge on any atom is 0.133 e. The van der Waals surface area contributed by atoms with Gasteiger partial charge >= 0.3 is 0 Å². The summed E-state index contributed by atoms with van der Waals surface area (Å²) in [5.41, 5.74) is 2.97. The average Bonchev–Trinajstić information content (AvgIpc) is 3.04. The van der Waals surface area contributed by atoms with E-state index in [1.807, 2.05) is 24.3 Å². The monoisotopic (exact) mass is 252 g/mol. The van der Waals surface area contributed by atoms with Gasteiger partial charge in [0, 0.05) is 17.1 Å². The Morgan fingerprint density at radius 3 is 3.06 bits per heavy atom. The highest BCUT2D eigenvalue weighted by Crippen LogP contribution is 2.31. The lowest BCUT2D eigenvalue weighted by Crippen LogP contribution is -1.75. The third kappa shape index (κ3) is 1.43. The van der Waals surface area contributed by atoms with E-state index in [0.29, 0.717) is 0 Å². The molecule has 0 saturated carbocycles. The van der Waals surface area contributed by atoms with Gasteiger partial charge in [0.15, 0.2) is 0 Å². The minimum atomic E-state index is 0.904. The number of nitrogens with zero attached hydrogens (tertiary/aromatic N) is 2. The zero-order chi connectivity index (χ0) is 11.9. The quantitative estimate of drug-likeness (QED) is 0.512. The molecule has 0 aliphatic carbocycles. The van der Waals surface area contributed by atoms with Crippen molar-refractivity contribution in [2.45, 2.75) is 0 Å². The van der Waals surface area contributed by atoms with E-state index in [1.54, 1.807) is 30.0 Å². The Balaban J connectivity index is 1.94. The van der Waals surface area contributed by atoms with Crippen molar-refractivity contribution < 1.29 is 4.42 Å². The average molecular weight is 252 g/mol. The zero-order valence-electron chi connectivity index (χ0n) is 9.33. The normalized spacial score (nSPS) is 11.3. The van der Waals surface area contributed by atoms with Crippen LogP contribution in [-0.4, -0.2) is 9.97 Å². The van der Waals surface area contributed by atoms with E-state index >= 15 is 0 Å². The highest BCUT2D eigenvalue weighted by Gasteiger charge is 2.07. The summed E-state index contributed by atoms with van der Waals surface area (Å²) in [5, 5.41) is 2.12. The molecular formula is C14H8N2OS. The second-order valence-corrected chi connectivity index (χ2v) is 5.07. The molecule has 3 heterocycles. The number of pyridine rings is 1. The van der Waals surface area contributed by atoms with Gasteiger partial charge in [0.1, 0.15) is 16.1 Å². The number of rotatable bonds is 1. The van der Waals surface area contributed by atoms with Gasteiger partial charge in [-0.1, -0.05) is 0 Å². The number of hydrogen-bond donors (Lipinski definition) is 0. The van der Waals surface area contributed by atoms with E-state index < -0.39 is 0 Å². The van der Waals surface area contributed by atoms with Crippen LogP contribution in [-0.2, 0) is 0 Å². The van der Waals surface area contributed by atoms with E-state index in [-0.39, 0.29) is 0 Å². The molecule has 0 spiro atoms. The minimum Gasteiger partial charge on any atom is -0.464 e. The Bertz CT molecular complexity index is 814. The summed E-state index contributed by atoms with van der Waals surface area (Å²) in [5.74, 6) is 0. The van der Waals surface area contributed by atoms with Crippen LogP contribution in [0.2, 0.25) is 0 Å². The fraction of sp³-hybridized carbons (Fsp3) is 0. The van der Waals surface area contributed by atoms with Crippen LogP contribution in [0, 0.1) is 0 Å². The van der Waals surface area contributed by atoms with Crippen molar-refractivity contribution in [3.63, 3.8) is 0 Å². The van der Waals surface area contributed by atoms with E-state index in [9.17, 15) is 0 Å². The van der Waals surface area contributed by atoms with E-state index in [1.165, 1.54) is 0 Å². The summed E-state index contributed by atoms with van der Waals surface area (Å²) in [6.45, 7) is 0. The first-order valence-corrected chi connectivity index (χ1v) is 6.40. The van der Waals surface area contributed by atoms with Crippen molar-refractivity contribution in [2.24, 2.45) is 0 Å². The topological polar surface area (TPSA) is 38.9 Å². The molecule has 4 heteroatoms. The number of aromatic nitrogens is 2. The van der Waals surface area contributed by atoms with Gasteiger partial charge in [0.2, 0.25) is 0 Å². The smallest absolute Gasteiger partial charge is 0.133 e. The van der Waals surface area contributed by atoms with Gasteiger partial charge in [0.05, 0.1) is 17.2 Å². The number of thiazole rings is 1. The predicted octanol–water partition coefficient (Wildman–Crippen LogP) is 4.10. The Morgan fingerprint density at radius 2 is 2.11 bits per heavy atom. The maximum absolute atomic E-state index is 5.34. The molecule has 4 aromatic rings. The highest BCUT2D eigenvalue weighted by atomic mass is 32.1. The third-order valence-electron chi connectivity index (χ3n) is 2.89. The lowest BCUT2D eigenvalue weighted by atomic mass is 10.2. The van der Waals surface area contributed by atoms with Gasteiger partial charge in [-0.2, -0.15) is 0 Å². The summed E-state index contributed by atoms with van der Waals surface area (Å²) >= 11 is 1.68. The van der Waals surface area contributed by atoms with Gasteiger partial charge in [0.25, 0.3) is 0 Å². The summed E-state index contributed by atoms with van der Waals surface area (Å²) in [7, 11) is 0. The third-order valence-corrected chi connectivity index (χ3v) is 3.97. The summed E-state index contributed by atoms with van der Waals surface area (Å²) in [6, 6.07) is 10.1. The first kappa shape index (κ1) is 9.79. The van der Waals surface area contributed by atoms with Crippen LogP contribution < -0.4 is 0 Å². The van der Waals surface area contributed by atoms with E-state index in [0.717, 1.165) is 31.8 Å². The highest BCUT2D eigenvalue weighted by molar-refractivity contribution is 7.21. The molecule has 3 aromatic heterocycles. The van der Waals surface area contributed by atoms with E-state index in [2.05, 4.69) is 16.0 Å². The summed E-state index contributed by atoms with van der Waals surface area (Å²) in [6.07, 6.45) is 5.30. The Kier molecular flexibility index (Phi) is 1.98. The van der Waals surface area contributed by atoms with Crippen molar-refractivity contribution in [3.8, 4) is 10.6 Å². The number of benzene rings is 1. The van der Waals surface area contributed by atoms with Crippen LogP contribution in [0.25, 0.3) is 31.8 Å². The van der Waals surface area contributed by atoms with Crippen molar-refractivity contribution in [2.75, 3.05) is 0 Å². The second kappa shape index (κ2) is 3.65. The molecule has 0 saturated heterocycles. The van der Waals surface area contributed by atoms with Crippen molar-refractivity contribution in [1.29, 1.82) is 0 Å². The standard InChI is InChI=1S/C14H8N2OS/c1-2-12-9(4-6-17-12)7-10(1)14-16-11-8-15-5-3-13(11)18-14/h1-8H. The van der Waals surface area contributed by atoms with Crippen LogP contribution in [0.1, 0.15) is 0 Å². The predicted molar refractivity (Wildman–Crippen MR) is 72.6 cm³/mol. The molecular weight excluding hydrogens is 244 g/mol. The zero-order valence-corrected chi connectivity index (χ0v) is 10.1. The lowest BCUT2D eigenvalue weighted by Gasteiger charge is -1.95. The van der Waals surface area contributed by atoms with Crippen LogP contribution in [0.15, 0.2) is 53.4 Å². The van der Waals surface area contributed by atoms with Gasteiger partial charge in [-0.3, -0.25) is 4.98 Å². The molecule has 0 aliphatic rings. The van der Waals surface area contributed by atoms with Gasteiger partial charge in [-0.05, 0) is 30.3 Å². The van der Waals surface area contributed by atoms with E-state index in [4.69, 9.17) is 4.42 Å². The SMILES string of the molecule is c1cc2sc(-c3ccc4occc4c3)nc2cn1. The molecule has 0 atom stereocenters. The first-order valence-electron chi connectivity index (χ1n) is 5.58. The fourth-order valence-corrected chi connectivity index (χ4v) is 2.93. The molecule has 0 aliphatic heterocycles. The van der Waals surface area contributed by atoms with Crippen molar-refractivity contribution in [1.82, 2.24) is 9.97 Å². The molecule has 0 unspecified atom stereocenters. The summed E-state index contributed by atoms with van der Waals surface area (Å²) < 4.78 is 6.50. The molecule has 0 amide bonds. The Hall–Kier alpha value is -2.20. The molecule has 0 radical (unpaired) electrons. The van der Waals surface area contributed by atoms with Gasteiger partial charge in [-0.15, -0.1) is 11.3 Å². The molecule has 0 bridgehead atoms. The Morgan fingerprint density at radius 1 is 1.11 bits per heavy atom. The van der Waals surface area contributed by atoms with Crippen LogP contribution in [0.5, 0.6) is 0 Å². The molecule has 18 heavy (non-hydrogen) atoms. The maximum atomic E-state index is 5.34. The number of furan rings is 1. The van der Waals surface area contributed by atoms with Gasteiger partial charge in [-0.25, -0.2) is 4.98 Å².